The number of hydrogen-bond donors (Lipinski definition) is 3. The fourth-order valence-electron chi connectivity index (χ4n) is 2.32. The van der Waals surface area contributed by atoms with Gasteiger partial charge in [0.2, 0.25) is 0 Å². The van der Waals surface area contributed by atoms with E-state index in [0.717, 1.165) is 19.3 Å². The van der Waals surface area contributed by atoms with E-state index in [9.17, 15) is 9.00 Å². The van der Waals surface area contributed by atoms with Crippen LogP contribution >= 0.6 is 0 Å². The third-order valence-corrected chi connectivity index (χ3v) is 5.08. The van der Waals surface area contributed by atoms with E-state index in [1.807, 2.05) is 18.2 Å². The minimum atomic E-state index is -1.32. The molecule has 0 fully saturated rings. The highest BCUT2D eigenvalue weighted by molar-refractivity contribution is 7.85. The molecule has 0 aliphatic heterocycles. The zero-order valence-electron chi connectivity index (χ0n) is 14.4. The van der Waals surface area contributed by atoms with E-state index < -0.39 is 10.8 Å². The lowest BCUT2D eigenvalue weighted by atomic mass is 10.2. The SMILES string of the molecule is N#CCCCCCNC(=O)Nc1ccc(S(=O)c2ccccc2)cc1N. The lowest BCUT2D eigenvalue weighted by molar-refractivity contribution is 0.252. The zero-order chi connectivity index (χ0) is 18.8. The Hall–Kier alpha value is -2.85. The molecule has 0 radical (unpaired) electrons. The van der Waals surface area contributed by atoms with Crippen LogP contribution in [0, 0.1) is 11.3 Å². The van der Waals surface area contributed by atoms with Gasteiger partial charge in [0.15, 0.2) is 0 Å². The number of nitriles is 1. The average Bonchev–Trinajstić information content (AvgIpc) is 2.66. The smallest absolute Gasteiger partial charge is 0.319 e. The molecule has 0 saturated heterocycles. The lowest BCUT2D eigenvalue weighted by Crippen LogP contribution is -2.29. The first-order chi connectivity index (χ1) is 12.6. The van der Waals surface area contributed by atoms with Crippen molar-refractivity contribution in [2.75, 3.05) is 17.6 Å². The van der Waals surface area contributed by atoms with Crippen molar-refractivity contribution in [2.45, 2.75) is 35.5 Å². The summed E-state index contributed by atoms with van der Waals surface area (Å²) in [6, 6.07) is 15.8. The molecule has 0 bridgehead atoms. The van der Waals surface area contributed by atoms with Crippen LogP contribution in [0.25, 0.3) is 0 Å². The molecule has 7 heteroatoms. The van der Waals surface area contributed by atoms with E-state index in [1.165, 1.54) is 0 Å². The fourth-order valence-corrected chi connectivity index (χ4v) is 3.43. The van der Waals surface area contributed by atoms with Crippen LogP contribution in [0.15, 0.2) is 58.3 Å². The molecular formula is C19H22N4O2S. The van der Waals surface area contributed by atoms with Gasteiger partial charge in [0.1, 0.15) is 0 Å². The van der Waals surface area contributed by atoms with Crippen LogP contribution < -0.4 is 16.4 Å². The van der Waals surface area contributed by atoms with Gasteiger partial charge in [-0.3, -0.25) is 0 Å². The molecule has 2 rings (SSSR count). The number of hydrogen-bond acceptors (Lipinski definition) is 4. The first-order valence-corrected chi connectivity index (χ1v) is 9.55. The molecule has 2 aromatic rings. The normalized spacial score (nSPS) is 11.3. The Labute approximate surface area is 155 Å². The van der Waals surface area contributed by atoms with E-state index in [-0.39, 0.29) is 6.03 Å². The Kier molecular flexibility index (Phi) is 7.65. The number of rotatable bonds is 8. The number of amides is 2. The van der Waals surface area contributed by atoms with Crippen LogP contribution in [0.2, 0.25) is 0 Å². The van der Waals surface area contributed by atoms with Crippen LogP contribution in [0.1, 0.15) is 25.7 Å². The van der Waals surface area contributed by atoms with Crippen LogP contribution in [-0.2, 0) is 10.8 Å². The molecule has 0 spiro atoms. The van der Waals surface area contributed by atoms with Gasteiger partial charge >= 0.3 is 6.03 Å². The molecule has 2 aromatic carbocycles. The number of urea groups is 1. The van der Waals surface area contributed by atoms with Gasteiger partial charge in [0.05, 0.1) is 28.2 Å². The van der Waals surface area contributed by atoms with Crippen LogP contribution in [-0.4, -0.2) is 16.8 Å². The Morgan fingerprint density at radius 2 is 1.85 bits per heavy atom. The molecule has 1 atom stereocenters. The molecule has 0 heterocycles. The Morgan fingerprint density at radius 1 is 1.08 bits per heavy atom. The second-order valence-electron chi connectivity index (χ2n) is 5.68. The van der Waals surface area contributed by atoms with Gasteiger partial charge in [-0.25, -0.2) is 9.00 Å². The van der Waals surface area contributed by atoms with Crippen LogP contribution in [0.4, 0.5) is 16.2 Å². The van der Waals surface area contributed by atoms with Crippen molar-refractivity contribution in [1.29, 1.82) is 5.26 Å². The second kappa shape index (κ2) is 10.2. The highest BCUT2D eigenvalue weighted by atomic mass is 32.2. The van der Waals surface area contributed by atoms with E-state index >= 15 is 0 Å². The van der Waals surface area contributed by atoms with E-state index in [1.54, 1.807) is 30.3 Å². The standard InChI is InChI=1S/C19H22N4O2S/c20-12-6-1-2-7-13-22-19(24)23-18-11-10-16(14-17(18)21)26(25)15-8-4-3-5-9-15/h3-5,8-11,14H,1-2,6-7,13,21H2,(H2,22,23,24). The number of nitrogens with two attached hydrogens (primary N) is 1. The maximum atomic E-state index is 12.5. The third kappa shape index (κ3) is 5.90. The number of carbonyl (C=O) groups excluding carboxylic acids is 1. The Bertz CT molecular complexity index is 803. The minimum absolute atomic E-state index is 0.339. The largest absolute Gasteiger partial charge is 0.397 e. The summed E-state index contributed by atoms with van der Waals surface area (Å²) in [6.07, 6.45) is 3.10. The molecule has 136 valence electrons. The van der Waals surface area contributed by atoms with Crippen molar-refractivity contribution >= 4 is 28.2 Å². The monoisotopic (exact) mass is 370 g/mol. The number of benzene rings is 2. The first kappa shape index (κ1) is 19.5. The van der Waals surface area contributed by atoms with Gasteiger partial charge in [-0.2, -0.15) is 5.26 Å². The van der Waals surface area contributed by atoms with Crippen molar-refractivity contribution in [1.82, 2.24) is 5.32 Å². The van der Waals surface area contributed by atoms with Crippen LogP contribution in [0.5, 0.6) is 0 Å². The van der Waals surface area contributed by atoms with Crippen molar-refractivity contribution < 1.29 is 9.00 Å². The van der Waals surface area contributed by atoms with Gasteiger partial charge in [0, 0.05) is 22.8 Å². The summed E-state index contributed by atoms with van der Waals surface area (Å²) in [5.41, 5.74) is 6.82. The van der Waals surface area contributed by atoms with Gasteiger partial charge in [0.25, 0.3) is 0 Å². The van der Waals surface area contributed by atoms with Gasteiger partial charge < -0.3 is 16.4 Å². The maximum absolute atomic E-state index is 12.5. The van der Waals surface area contributed by atoms with Gasteiger partial charge in [-0.05, 0) is 43.2 Å². The maximum Gasteiger partial charge on any atom is 0.319 e. The van der Waals surface area contributed by atoms with E-state index in [4.69, 9.17) is 11.0 Å². The molecule has 4 N–H and O–H groups in total. The molecule has 2 amide bonds. The Balaban J connectivity index is 1.88. The number of nitrogen functional groups attached to an aromatic ring is 1. The van der Waals surface area contributed by atoms with Crippen molar-refractivity contribution in [3.63, 3.8) is 0 Å². The molecule has 6 nitrogen and oxygen atoms in total. The molecular weight excluding hydrogens is 348 g/mol. The summed E-state index contributed by atoms with van der Waals surface area (Å²) < 4.78 is 12.5. The zero-order valence-corrected chi connectivity index (χ0v) is 15.2. The first-order valence-electron chi connectivity index (χ1n) is 8.40. The van der Waals surface area contributed by atoms with Gasteiger partial charge in [-0.1, -0.05) is 24.6 Å². The fraction of sp³-hybridized carbons (Fsp3) is 0.263. The van der Waals surface area contributed by atoms with Gasteiger partial charge in [-0.15, -0.1) is 0 Å². The highest BCUT2D eigenvalue weighted by Gasteiger charge is 2.10. The van der Waals surface area contributed by atoms with E-state index in [0.29, 0.717) is 34.1 Å². The van der Waals surface area contributed by atoms with Crippen LogP contribution in [0.3, 0.4) is 0 Å². The summed E-state index contributed by atoms with van der Waals surface area (Å²) in [7, 11) is -1.32. The lowest BCUT2D eigenvalue weighted by Gasteiger charge is -2.11. The number of carbonyl (C=O) groups is 1. The van der Waals surface area contributed by atoms with E-state index in [2.05, 4.69) is 16.7 Å². The molecule has 0 saturated carbocycles. The number of nitrogens with zero attached hydrogens (tertiary/aromatic N) is 1. The molecule has 0 aliphatic rings. The number of unbranched alkanes of at least 4 members (excludes halogenated alkanes) is 3. The summed E-state index contributed by atoms with van der Waals surface area (Å²) >= 11 is 0. The summed E-state index contributed by atoms with van der Waals surface area (Å²) in [6.45, 7) is 0.535. The molecule has 0 aliphatic carbocycles. The Morgan fingerprint density at radius 3 is 2.54 bits per heavy atom. The summed E-state index contributed by atoms with van der Waals surface area (Å²) in [5, 5.41) is 13.9. The topological polar surface area (TPSA) is 108 Å². The third-order valence-electron chi connectivity index (χ3n) is 3.69. The van der Waals surface area contributed by atoms with Crippen molar-refractivity contribution in [3.05, 3.63) is 48.5 Å². The molecule has 1 unspecified atom stereocenters. The molecule has 26 heavy (non-hydrogen) atoms. The summed E-state index contributed by atoms with van der Waals surface area (Å²) in [4.78, 5) is 13.2. The predicted molar refractivity (Wildman–Crippen MR) is 103 cm³/mol. The quantitative estimate of drug-likeness (QED) is 0.487. The second-order valence-corrected chi connectivity index (χ2v) is 7.16. The average molecular weight is 370 g/mol. The number of nitrogens with one attached hydrogen (secondary N) is 2. The molecule has 0 aromatic heterocycles. The number of anilines is 2. The minimum Gasteiger partial charge on any atom is -0.397 e. The van der Waals surface area contributed by atoms with Crippen molar-refractivity contribution in [3.8, 4) is 6.07 Å². The summed E-state index contributed by atoms with van der Waals surface area (Å²) in [5.74, 6) is 0. The van der Waals surface area contributed by atoms with Crippen molar-refractivity contribution in [2.24, 2.45) is 0 Å². The predicted octanol–water partition coefficient (Wildman–Crippen LogP) is 3.64. The highest BCUT2D eigenvalue weighted by Crippen LogP contribution is 2.24.